The highest BCUT2D eigenvalue weighted by molar-refractivity contribution is 7.90. The van der Waals surface area contributed by atoms with E-state index in [1.54, 1.807) is 24.3 Å². The summed E-state index contributed by atoms with van der Waals surface area (Å²) in [4.78, 5) is 34.3. The van der Waals surface area contributed by atoms with Crippen LogP contribution in [0.4, 0.5) is 0 Å². The van der Waals surface area contributed by atoms with Crippen molar-refractivity contribution >= 4 is 48.9 Å². The average molecular weight is 1410 g/mol. The summed E-state index contributed by atoms with van der Waals surface area (Å²) < 4.78 is 48.5. The Morgan fingerprint density at radius 2 is 0.495 bits per heavy atom. The van der Waals surface area contributed by atoms with Gasteiger partial charge in [0.2, 0.25) is 0 Å². The number of halogens is 1. The Kier molecular flexibility index (Phi) is 42.6. The van der Waals surface area contributed by atoms with E-state index in [1.807, 2.05) is 118 Å². The summed E-state index contributed by atoms with van der Waals surface area (Å²) in [6.45, 7) is 44.5. The first kappa shape index (κ1) is 89.8. The highest BCUT2D eigenvalue weighted by Gasteiger charge is 2.10. The number of rotatable bonds is 20. The third-order valence-electron chi connectivity index (χ3n) is 16.3. The molecule has 8 aromatic rings. The van der Waals surface area contributed by atoms with Crippen LogP contribution in [0.25, 0.3) is 0 Å². The number of hydrogen-bond acceptors (Lipinski definition) is 8. The molecule has 11 heteroatoms. The maximum Gasteiger partial charge on any atom is 0.306 e. The first-order valence-corrected chi connectivity index (χ1v) is 39.7. The van der Waals surface area contributed by atoms with Crippen molar-refractivity contribution in [2.75, 3.05) is 12.5 Å². The van der Waals surface area contributed by atoms with E-state index in [1.165, 1.54) is 56.3 Å². The van der Waals surface area contributed by atoms with Crippen molar-refractivity contribution in [3.05, 3.63) is 272 Å². The van der Waals surface area contributed by atoms with Gasteiger partial charge in [-0.25, -0.2) is 8.42 Å². The first-order valence-electron chi connectivity index (χ1n) is 35.5. The number of ketones is 3. The quantitative estimate of drug-likeness (QED) is 0.0419. The van der Waals surface area contributed by atoms with E-state index in [-0.39, 0.29) is 17.3 Å². The normalized spacial score (nSPS) is 10.9. The van der Waals surface area contributed by atoms with Gasteiger partial charge in [-0.3, -0.25) is 14.4 Å². The van der Waals surface area contributed by atoms with Gasteiger partial charge in [-0.1, -0.05) is 315 Å². The van der Waals surface area contributed by atoms with Gasteiger partial charge in [0.05, 0.1) is 11.2 Å². The number of hydrogen-bond donors (Lipinski definition) is 0. The second-order valence-electron chi connectivity index (χ2n) is 27.2. The van der Waals surface area contributed by atoms with Crippen LogP contribution in [0.1, 0.15) is 304 Å². The molecule has 0 saturated carbocycles. The molecule has 0 atom stereocenters. The Labute approximate surface area is 606 Å². The van der Waals surface area contributed by atoms with Crippen LogP contribution >= 0.6 is 11.6 Å². The van der Waals surface area contributed by atoms with E-state index >= 15 is 0 Å². The highest BCUT2D eigenvalue weighted by Crippen LogP contribution is 2.23. The molecule has 99 heavy (non-hydrogen) atoms. The van der Waals surface area contributed by atoms with Gasteiger partial charge in [-0.15, -0.1) is 11.6 Å². The van der Waals surface area contributed by atoms with Gasteiger partial charge in [-0.2, -0.15) is 8.42 Å². The summed E-state index contributed by atoms with van der Waals surface area (Å²) in [6, 6.07) is 64.0. The van der Waals surface area contributed by atoms with Gasteiger partial charge < -0.3 is 4.18 Å². The molecule has 0 amide bonds. The molecule has 0 N–H and O–H groups in total. The van der Waals surface area contributed by atoms with Gasteiger partial charge in [0, 0.05) is 48.1 Å². The minimum atomic E-state index is -3.41. The lowest BCUT2D eigenvalue weighted by Gasteiger charge is -2.06. The predicted octanol–water partition coefficient (Wildman–Crippen LogP) is 24.9. The fourth-order valence-corrected chi connectivity index (χ4v) is 10.5. The molecule has 0 saturated heterocycles. The van der Waals surface area contributed by atoms with E-state index in [9.17, 15) is 31.2 Å². The summed E-state index contributed by atoms with van der Waals surface area (Å²) >= 11 is 5.66. The van der Waals surface area contributed by atoms with Crippen molar-refractivity contribution in [3.63, 3.8) is 0 Å². The minimum Gasteiger partial charge on any atom is -0.383 e. The maximum atomic E-state index is 11.3. The molecule has 8 rings (SSSR count). The third-order valence-corrected chi connectivity index (χ3v) is 18.3. The SMILES string of the molecule is CC(C)c1ccc(CCl)cc1.CC(C)c1ccc(OS(C)(=O)=O)cc1.CC(C)c1ccc(S(C)(=O)=O)cc1.CCC(=O)c1ccc(C(C)C)cc1.CCC(=O)c1ccc(C(C)C)cc1.CCC(=O)c1ccc(C(C)C)cc1.CCc1ccc(C(C)C)cc1.CCc1ccc(C(C)C)cc1. The number of sulfone groups is 1. The van der Waals surface area contributed by atoms with Gasteiger partial charge in [0.25, 0.3) is 0 Å². The molecule has 0 aliphatic rings. The molecule has 540 valence electrons. The second-order valence-corrected chi connectivity index (χ2v) is 31.1. The molecule has 0 aliphatic heterocycles. The molecule has 0 heterocycles. The van der Waals surface area contributed by atoms with Crippen LogP contribution in [-0.4, -0.2) is 46.7 Å². The van der Waals surface area contributed by atoms with Crippen LogP contribution in [0.5, 0.6) is 5.75 Å². The van der Waals surface area contributed by atoms with Gasteiger partial charge in [0.1, 0.15) is 5.75 Å². The number of aryl methyl sites for hydroxylation is 2. The van der Waals surface area contributed by atoms with Crippen molar-refractivity contribution in [2.24, 2.45) is 0 Å². The minimum absolute atomic E-state index is 0.218. The fraction of sp³-hybridized carbons (Fsp3) is 0.420. The van der Waals surface area contributed by atoms with Crippen molar-refractivity contribution in [1.82, 2.24) is 0 Å². The Balaban J connectivity index is 0.000000566. The van der Waals surface area contributed by atoms with Crippen LogP contribution < -0.4 is 4.18 Å². The van der Waals surface area contributed by atoms with E-state index in [0.29, 0.717) is 83.1 Å². The lowest BCUT2D eigenvalue weighted by Crippen LogP contribution is -2.05. The van der Waals surface area contributed by atoms with Crippen molar-refractivity contribution in [1.29, 1.82) is 0 Å². The van der Waals surface area contributed by atoms with Crippen molar-refractivity contribution in [3.8, 4) is 5.75 Å². The lowest BCUT2D eigenvalue weighted by molar-refractivity contribution is 0.0980. The van der Waals surface area contributed by atoms with Gasteiger partial charge in [0.15, 0.2) is 27.2 Å². The Morgan fingerprint density at radius 3 is 0.667 bits per heavy atom. The molecule has 0 unspecified atom stereocenters. The standard InChI is InChI=1S/3C12H16O.2C11H16.C10H13Cl.C10H14O3S.C10H14O2S/c3*1-4-12(13)11-7-5-10(6-8-11)9(2)3;2*1-4-10-5-7-11(8-6-10)9(2)3;1-8(2)10-5-3-9(7-11)4-6-10;1-8(2)9-4-6-10(7-5-9)13-14(3,11)12;1-8(2)9-4-6-10(7-5-9)13(3,11)12/h3*5-9H,4H2,1-3H3;2*5-9H,4H2,1-3H3;3-6,8H,7H2,1-2H3;4-8H,1-3H3;4-8H,1-3H3. The molecular weight excluding hydrogens is 1280 g/mol. The molecule has 0 fully saturated rings. The average Bonchev–Trinajstić information content (AvgIpc) is 1.09. The van der Waals surface area contributed by atoms with Crippen LogP contribution in [0, 0.1) is 0 Å². The Morgan fingerprint density at radius 1 is 0.303 bits per heavy atom. The zero-order valence-corrected chi connectivity index (χ0v) is 66.7. The summed E-state index contributed by atoms with van der Waals surface area (Å²) in [5, 5.41) is 0. The number of carbonyl (C=O) groups is 3. The fourth-order valence-electron chi connectivity index (χ4n) is 9.23. The summed E-state index contributed by atoms with van der Waals surface area (Å²) in [6.07, 6.45) is 6.28. The van der Waals surface area contributed by atoms with Crippen molar-refractivity contribution in [2.45, 2.75) is 236 Å². The molecule has 0 bridgehead atoms. The monoisotopic (exact) mass is 1400 g/mol. The van der Waals surface area contributed by atoms with Crippen LogP contribution in [0.2, 0.25) is 0 Å². The number of Topliss-reactive ketones (excluding diaryl/α,β-unsaturated/α-hetero) is 3. The molecule has 0 aliphatic carbocycles. The zero-order valence-electron chi connectivity index (χ0n) is 64.3. The van der Waals surface area contributed by atoms with E-state index < -0.39 is 20.0 Å². The van der Waals surface area contributed by atoms with Gasteiger partial charge >= 0.3 is 10.1 Å². The second kappa shape index (κ2) is 47.0. The van der Waals surface area contributed by atoms with Crippen LogP contribution in [0.3, 0.4) is 0 Å². The highest BCUT2D eigenvalue weighted by atomic mass is 35.5. The number of alkyl halides is 1. The molecule has 8 aromatic carbocycles. The Hall–Kier alpha value is -7.24. The maximum absolute atomic E-state index is 11.3. The first-order chi connectivity index (χ1) is 46.4. The predicted molar refractivity (Wildman–Crippen MR) is 425 cm³/mol. The molecule has 0 radical (unpaired) electrons. The van der Waals surface area contributed by atoms with E-state index in [2.05, 4.69) is 197 Å². The van der Waals surface area contributed by atoms with Crippen LogP contribution in [-0.2, 0) is 38.7 Å². The molecule has 0 aromatic heterocycles. The third kappa shape index (κ3) is 36.6. The largest absolute Gasteiger partial charge is 0.383 e. The topological polar surface area (TPSA) is 129 Å². The van der Waals surface area contributed by atoms with Crippen molar-refractivity contribution < 1.29 is 35.4 Å². The van der Waals surface area contributed by atoms with E-state index in [4.69, 9.17) is 15.8 Å². The number of benzene rings is 8. The Bertz CT molecular complexity index is 3480. The molecular formula is C88H121ClO8S2. The number of carbonyl (C=O) groups excluding carboxylic acids is 3. The summed E-state index contributed by atoms with van der Waals surface area (Å²) in [5.41, 5.74) is 16.9. The molecule has 0 spiro atoms. The summed E-state index contributed by atoms with van der Waals surface area (Å²) in [5.74, 6) is 6.01. The van der Waals surface area contributed by atoms with E-state index in [0.717, 1.165) is 46.9 Å². The summed E-state index contributed by atoms with van der Waals surface area (Å²) in [7, 11) is -6.46. The zero-order chi connectivity index (χ0) is 75.2. The lowest BCUT2D eigenvalue weighted by atomic mass is 10.00. The van der Waals surface area contributed by atoms with Gasteiger partial charge in [-0.05, 0) is 146 Å². The van der Waals surface area contributed by atoms with Crippen LogP contribution in [0.15, 0.2) is 199 Å². The molecule has 8 nitrogen and oxygen atoms in total. The smallest absolute Gasteiger partial charge is 0.306 e.